The third-order valence-corrected chi connectivity index (χ3v) is 3.92. The molecule has 18 heavy (non-hydrogen) atoms. The molecule has 0 saturated carbocycles. The van der Waals surface area contributed by atoms with Crippen LogP contribution in [-0.4, -0.2) is 23.0 Å². The van der Waals surface area contributed by atoms with Crippen molar-refractivity contribution in [1.82, 2.24) is 9.88 Å². The van der Waals surface area contributed by atoms with E-state index in [1.807, 2.05) is 6.07 Å². The molecule has 1 aromatic heterocycles. The summed E-state index contributed by atoms with van der Waals surface area (Å²) < 4.78 is 0. The number of anilines is 1. The number of likely N-dealkylation sites (tertiary alicyclic amines) is 1. The maximum absolute atomic E-state index is 5.75. The Hall–Kier alpha value is -1.09. The summed E-state index contributed by atoms with van der Waals surface area (Å²) in [6.45, 7) is 6.78. The van der Waals surface area contributed by atoms with Crippen LogP contribution in [-0.2, 0) is 0 Å². The fourth-order valence-electron chi connectivity index (χ4n) is 2.92. The minimum absolute atomic E-state index is 0.554. The molecule has 2 heterocycles. The average molecular weight is 247 g/mol. The minimum Gasteiger partial charge on any atom is -0.384 e. The van der Waals surface area contributed by atoms with E-state index in [1.165, 1.54) is 50.8 Å². The number of pyridine rings is 1. The van der Waals surface area contributed by atoms with E-state index in [1.54, 1.807) is 0 Å². The fraction of sp³-hybridized carbons (Fsp3) is 0.667. The SMILES string of the molecule is CCCCN1CCCC[C@H]1c1ccc(N)nc1C. The Morgan fingerprint density at radius 3 is 2.94 bits per heavy atom. The van der Waals surface area contributed by atoms with Crippen molar-refractivity contribution in [1.29, 1.82) is 0 Å². The first-order valence-corrected chi connectivity index (χ1v) is 7.19. The Morgan fingerprint density at radius 1 is 1.39 bits per heavy atom. The van der Waals surface area contributed by atoms with Crippen LogP contribution in [0.4, 0.5) is 5.82 Å². The van der Waals surface area contributed by atoms with Crippen LogP contribution in [0.25, 0.3) is 0 Å². The van der Waals surface area contributed by atoms with Crippen LogP contribution < -0.4 is 5.73 Å². The van der Waals surface area contributed by atoms with E-state index in [0.717, 1.165) is 5.69 Å². The summed E-state index contributed by atoms with van der Waals surface area (Å²) in [6.07, 6.45) is 6.48. The molecule has 0 aliphatic carbocycles. The summed E-state index contributed by atoms with van der Waals surface area (Å²) >= 11 is 0. The molecule has 0 unspecified atom stereocenters. The van der Waals surface area contributed by atoms with E-state index in [4.69, 9.17) is 5.73 Å². The number of aryl methyl sites for hydroxylation is 1. The van der Waals surface area contributed by atoms with Gasteiger partial charge in [-0.3, -0.25) is 4.90 Å². The second-order valence-corrected chi connectivity index (χ2v) is 5.31. The lowest BCUT2D eigenvalue weighted by Gasteiger charge is -2.36. The lowest BCUT2D eigenvalue weighted by Crippen LogP contribution is -2.34. The normalized spacial score (nSPS) is 21.1. The zero-order valence-corrected chi connectivity index (χ0v) is 11.7. The van der Waals surface area contributed by atoms with Crippen LogP contribution in [0.1, 0.15) is 56.3 Å². The van der Waals surface area contributed by atoms with E-state index in [0.29, 0.717) is 11.9 Å². The van der Waals surface area contributed by atoms with Gasteiger partial charge in [-0.15, -0.1) is 0 Å². The van der Waals surface area contributed by atoms with Crippen LogP contribution >= 0.6 is 0 Å². The highest BCUT2D eigenvalue weighted by molar-refractivity contribution is 5.35. The van der Waals surface area contributed by atoms with Gasteiger partial charge in [-0.2, -0.15) is 0 Å². The Morgan fingerprint density at radius 2 is 2.22 bits per heavy atom. The Kier molecular flexibility index (Phi) is 4.59. The lowest BCUT2D eigenvalue weighted by atomic mass is 9.94. The average Bonchev–Trinajstić information content (AvgIpc) is 2.37. The van der Waals surface area contributed by atoms with Gasteiger partial charge < -0.3 is 5.73 Å². The second kappa shape index (κ2) is 6.19. The molecule has 0 aromatic carbocycles. The highest BCUT2D eigenvalue weighted by Gasteiger charge is 2.24. The third kappa shape index (κ3) is 3.02. The molecular weight excluding hydrogens is 222 g/mol. The van der Waals surface area contributed by atoms with Crippen LogP contribution in [0.5, 0.6) is 0 Å². The van der Waals surface area contributed by atoms with Gasteiger partial charge in [-0.05, 0) is 50.9 Å². The van der Waals surface area contributed by atoms with E-state index in [9.17, 15) is 0 Å². The summed E-state index contributed by atoms with van der Waals surface area (Å²) in [7, 11) is 0. The summed E-state index contributed by atoms with van der Waals surface area (Å²) in [4.78, 5) is 7.05. The Balaban J connectivity index is 2.16. The van der Waals surface area contributed by atoms with Crippen molar-refractivity contribution in [2.75, 3.05) is 18.8 Å². The largest absolute Gasteiger partial charge is 0.384 e. The summed E-state index contributed by atoms with van der Waals surface area (Å²) in [5.74, 6) is 0.632. The van der Waals surface area contributed by atoms with Gasteiger partial charge in [0.05, 0.1) is 0 Å². The van der Waals surface area contributed by atoms with Crippen molar-refractivity contribution >= 4 is 5.82 Å². The number of hydrogen-bond donors (Lipinski definition) is 1. The van der Waals surface area contributed by atoms with Gasteiger partial charge in [0.25, 0.3) is 0 Å². The number of piperidine rings is 1. The highest BCUT2D eigenvalue weighted by Crippen LogP contribution is 2.32. The number of nitrogens with two attached hydrogens (primary N) is 1. The Labute approximate surface area is 110 Å². The number of rotatable bonds is 4. The van der Waals surface area contributed by atoms with Gasteiger partial charge in [-0.25, -0.2) is 4.98 Å². The molecule has 1 fully saturated rings. The van der Waals surface area contributed by atoms with E-state index in [2.05, 4.69) is 29.8 Å². The summed E-state index contributed by atoms with van der Waals surface area (Å²) in [5, 5.41) is 0. The molecule has 2 rings (SSSR count). The molecule has 1 aromatic rings. The number of unbranched alkanes of at least 4 members (excludes halogenated alkanes) is 1. The van der Waals surface area contributed by atoms with Crippen LogP contribution in [0, 0.1) is 6.92 Å². The van der Waals surface area contributed by atoms with Crippen molar-refractivity contribution in [3.8, 4) is 0 Å². The zero-order chi connectivity index (χ0) is 13.0. The van der Waals surface area contributed by atoms with Crippen molar-refractivity contribution < 1.29 is 0 Å². The third-order valence-electron chi connectivity index (χ3n) is 3.92. The van der Waals surface area contributed by atoms with E-state index in [-0.39, 0.29) is 0 Å². The van der Waals surface area contributed by atoms with Crippen LogP contribution in [0.3, 0.4) is 0 Å². The highest BCUT2D eigenvalue weighted by atomic mass is 15.2. The van der Waals surface area contributed by atoms with Crippen LogP contribution in [0.15, 0.2) is 12.1 Å². The number of nitrogen functional groups attached to an aromatic ring is 1. The first kappa shape index (κ1) is 13.3. The molecule has 1 atom stereocenters. The fourth-order valence-corrected chi connectivity index (χ4v) is 2.92. The molecule has 3 heteroatoms. The van der Waals surface area contributed by atoms with Gasteiger partial charge in [0.2, 0.25) is 0 Å². The van der Waals surface area contributed by atoms with E-state index >= 15 is 0 Å². The van der Waals surface area contributed by atoms with Gasteiger partial charge in [0.15, 0.2) is 0 Å². The molecule has 3 nitrogen and oxygen atoms in total. The standard InChI is InChI=1S/C15H25N3/c1-3-4-10-18-11-6-5-7-14(18)13-8-9-15(16)17-12(13)2/h8-9,14H,3-7,10-11H2,1-2H3,(H2,16,17)/t14-/m0/s1. The first-order chi connectivity index (χ1) is 8.72. The van der Waals surface area contributed by atoms with Crippen molar-refractivity contribution in [3.63, 3.8) is 0 Å². The van der Waals surface area contributed by atoms with Crippen LogP contribution in [0.2, 0.25) is 0 Å². The maximum atomic E-state index is 5.75. The molecule has 1 saturated heterocycles. The predicted octanol–water partition coefficient (Wildman–Crippen LogP) is 3.30. The molecule has 1 aliphatic heterocycles. The smallest absolute Gasteiger partial charge is 0.123 e. The molecule has 0 amide bonds. The lowest BCUT2D eigenvalue weighted by molar-refractivity contribution is 0.146. The molecule has 2 N–H and O–H groups in total. The van der Waals surface area contributed by atoms with Gasteiger partial charge in [0.1, 0.15) is 5.82 Å². The first-order valence-electron chi connectivity index (χ1n) is 7.19. The summed E-state index contributed by atoms with van der Waals surface area (Å²) in [5.41, 5.74) is 8.22. The van der Waals surface area contributed by atoms with Gasteiger partial charge in [-0.1, -0.05) is 25.8 Å². The number of nitrogens with zero attached hydrogens (tertiary/aromatic N) is 2. The maximum Gasteiger partial charge on any atom is 0.123 e. The van der Waals surface area contributed by atoms with Gasteiger partial charge >= 0.3 is 0 Å². The van der Waals surface area contributed by atoms with E-state index < -0.39 is 0 Å². The number of aromatic nitrogens is 1. The van der Waals surface area contributed by atoms with Crippen molar-refractivity contribution in [3.05, 3.63) is 23.4 Å². The minimum atomic E-state index is 0.554. The van der Waals surface area contributed by atoms with Crippen molar-refractivity contribution in [2.24, 2.45) is 0 Å². The predicted molar refractivity (Wildman–Crippen MR) is 76.5 cm³/mol. The quantitative estimate of drug-likeness (QED) is 0.887. The second-order valence-electron chi connectivity index (χ2n) is 5.31. The molecule has 0 bridgehead atoms. The molecule has 1 aliphatic rings. The monoisotopic (exact) mass is 247 g/mol. The molecule has 100 valence electrons. The number of hydrogen-bond acceptors (Lipinski definition) is 3. The zero-order valence-electron chi connectivity index (χ0n) is 11.7. The molecule has 0 spiro atoms. The summed E-state index contributed by atoms with van der Waals surface area (Å²) in [6, 6.07) is 4.67. The molecule has 0 radical (unpaired) electrons. The topological polar surface area (TPSA) is 42.1 Å². The van der Waals surface area contributed by atoms with Gasteiger partial charge in [0, 0.05) is 11.7 Å². The molecular formula is C15H25N3. The van der Waals surface area contributed by atoms with Crippen molar-refractivity contribution in [2.45, 2.75) is 52.0 Å². The Bertz CT molecular complexity index is 389.